The van der Waals surface area contributed by atoms with Gasteiger partial charge < -0.3 is 15.5 Å². The summed E-state index contributed by atoms with van der Waals surface area (Å²) in [6.07, 6.45) is 0. The highest BCUT2D eigenvalue weighted by atomic mass is 16.1. The fourth-order valence-electron chi connectivity index (χ4n) is 2.87. The van der Waals surface area contributed by atoms with Gasteiger partial charge in [-0.05, 0) is 48.6 Å². The minimum absolute atomic E-state index is 0.0463. The van der Waals surface area contributed by atoms with Crippen LogP contribution in [-0.4, -0.2) is 38.0 Å². The van der Waals surface area contributed by atoms with E-state index in [1.54, 1.807) is 0 Å². The normalized spacial score (nSPS) is 10.9. The molecule has 0 aliphatic rings. The lowest BCUT2D eigenvalue weighted by molar-refractivity contribution is 0.0952. The molecule has 0 spiro atoms. The van der Waals surface area contributed by atoms with Crippen molar-refractivity contribution in [3.8, 4) is 0 Å². The zero-order chi connectivity index (χ0) is 18.4. The second kappa shape index (κ2) is 8.50. The highest BCUT2D eigenvalue weighted by molar-refractivity contribution is 6.06. The third kappa shape index (κ3) is 4.61. The van der Waals surface area contributed by atoms with Gasteiger partial charge in [0.05, 0.1) is 0 Å². The number of carbonyl (C=O) groups excluding carboxylic acids is 1. The monoisotopic (exact) mass is 347 g/mol. The molecule has 3 aromatic rings. The van der Waals surface area contributed by atoms with E-state index >= 15 is 0 Å². The average molecular weight is 347 g/mol. The van der Waals surface area contributed by atoms with Crippen molar-refractivity contribution in [1.82, 2.24) is 10.2 Å². The number of anilines is 1. The molecule has 134 valence electrons. The lowest BCUT2D eigenvalue weighted by Crippen LogP contribution is -2.23. The predicted molar refractivity (Wildman–Crippen MR) is 109 cm³/mol. The first-order valence-electron chi connectivity index (χ1n) is 8.87. The van der Waals surface area contributed by atoms with E-state index in [1.807, 2.05) is 54.6 Å². The van der Waals surface area contributed by atoms with Crippen molar-refractivity contribution in [3.63, 3.8) is 0 Å². The zero-order valence-corrected chi connectivity index (χ0v) is 15.3. The molecule has 0 fully saturated rings. The number of hydrogen-bond donors (Lipinski definition) is 2. The van der Waals surface area contributed by atoms with Gasteiger partial charge >= 0.3 is 0 Å². The maximum Gasteiger partial charge on any atom is 0.252 e. The summed E-state index contributed by atoms with van der Waals surface area (Å²) in [4.78, 5) is 14.7. The zero-order valence-electron chi connectivity index (χ0n) is 15.3. The summed E-state index contributed by atoms with van der Waals surface area (Å²) < 4.78 is 0. The van der Waals surface area contributed by atoms with Crippen LogP contribution in [0.2, 0.25) is 0 Å². The first-order valence-corrected chi connectivity index (χ1v) is 8.87. The van der Waals surface area contributed by atoms with E-state index in [9.17, 15) is 4.79 Å². The number of benzene rings is 3. The highest BCUT2D eigenvalue weighted by Crippen LogP contribution is 2.18. The summed E-state index contributed by atoms with van der Waals surface area (Å²) in [6.45, 7) is 2.41. The molecule has 2 N–H and O–H groups in total. The van der Waals surface area contributed by atoms with Gasteiger partial charge in [0.2, 0.25) is 0 Å². The van der Waals surface area contributed by atoms with Crippen LogP contribution in [0.3, 0.4) is 0 Å². The Morgan fingerprint density at radius 2 is 1.65 bits per heavy atom. The molecule has 4 nitrogen and oxygen atoms in total. The summed E-state index contributed by atoms with van der Waals surface area (Å²) in [5.74, 6) is -0.0463. The van der Waals surface area contributed by atoms with Gasteiger partial charge in [0.25, 0.3) is 5.91 Å². The summed E-state index contributed by atoms with van der Waals surface area (Å²) in [7, 11) is 4.12. The fraction of sp³-hybridized carbons (Fsp3) is 0.227. The molecular weight excluding hydrogens is 322 g/mol. The molecule has 0 heterocycles. The van der Waals surface area contributed by atoms with Gasteiger partial charge in [-0.25, -0.2) is 0 Å². The second-order valence-corrected chi connectivity index (χ2v) is 6.64. The Kier molecular flexibility index (Phi) is 5.87. The Morgan fingerprint density at radius 1 is 0.923 bits per heavy atom. The van der Waals surface area contributed by atoms with Crippen molar-refractivity contribution in [1.29, 1.82) is 0 Å². The Hall–Kier alpha value is -2.85. The molecule has 3 aromatic carbocycles. The maximum absolute atomic E-state index is 12.6. The molecule has 0 aliphatic heterocycles. The summed E-state index contributed by atoms with van der Waals surface area (Å²) >= 11 is 0. The summed E-state index contributed by atoms with van der Waals surface area (Å²) in [6, 6.07) is 22.0. The lowest BCUT2D eigenvalue weighted by atomic mass is 10.0. The molecule has 1 amide bonds. The van der Waals surface area contributed by atoms with E-state index < -0.39 is 0 Å². The first kappa shape index (κ1) is 18.0. The number of likely N-dealkylation sites (N-methyl/N-ethyl adjacent to an activating group) is 1. The number of nitrogens with zero attached hydrogens (tertiary/aromatic N) is 1. The SMILES string of the molecule is CN(C)CCNc1ccc(CNC(=O)c2cccc3ccccc23)cc1. The van der Waals surface area contributed by atoms with E-state index in [0.29, 0.717) is 12.1 Å². The topological polar surface area (TPSA) is 44.4 Å². The number of amides is 1. The van der Waals surface area contributed by atoms with Crippen LogP contribution in [0.15, 0.2) is 66.7 Å². The van der Waals surface area contributed by atoms with E-state index in [-0.39, 0.29) is 5.91 Å². The van der Waals surface area contributed by atoms with E-state index in [0.717, 1.165) is 35.1 Å². The summed E-state index contributed by atoms with van der Waals surface area (Å²) in [5, 5.41) is 8.46. The van der Waals surface area contributed by atoms with Crippen LogP contribution in [0.5, 0.6) is 0 Å². The van der Waals surface area contributed by atoms with Gasteiger partial charge in [-0.1, -0.05) is 48.5 Å². The molecular formula is C22H25N3O. The quantitative estimate of drug-likeness (QED) is 0.684. The molecule has 0 radical (unpaired) electrons. The standard InChI is InChI=1S/C22H25N3O/c1-25(2)15-14-23-19-12-10-17(11-13-19)16-24-22(26)21-9-5-7-18-6-3-4-8-20(18)21/h3-13,23H,14-16H2,1-2H3,(H,24,26). The Bertz CT molecular complexity index is 867. The molecule has 0 saturated heterocycles. The smallest absolute Gasteiger partial charge is 0.252 e. The van der Waals surface area contributed by atoms with Crippen LogP contribution < -0.4 is 10.6 Å². The Balaban J connectivity index is 1.59. The number of hydrogen-bond acceptors (Lipinski definition) is 3. The largest absolute Gasteiger partial charge is 0.384 e. The first-order chi connectivity index (χ1) is 12.6. The third-order valence-electron chi connectivity index (χ3n) is 4.33. The maximum atomic E-state index is 12.6. The van der Waals surface area contributed by atoms with Crippen molar-refractivity contribution >= 4 is 22.4 Å². The molecule has 0 unspecified atom stereocenters. The van der Waals surface area contributed by atoms with Gasteiger partial charge in [0.1, 0.15) is 0 Å². The number of fused-ring (bicyclic) bond motifs is 1. The van der Waals surface area contributed by atoms with Crippen molar-refractivity contribution in [2.45, 2.75) is 6.54 Å². The van der Waals surface area contributed by atoms with Gasteiger partial charge in [0, 0.05) is 30.9 Å². The highest BCUT2D eigenvalue weighted by Gasteiger charge is 2.09. The number of carbonyl (C=O) groups is 1. The van der Waals surface area contributed by atoms with E-state index in [4.69, 9.17) is 0 Å². The summed E-state index contributed by atoms with van der Waals surface area (Å²) in [5.41, 5.74) is 2.89. The van der Waals surface area contributed by atoms with Crippen LogP contribution >= 0.6 is 0 Å². The molecule has 0 aliphatic carbocycles. The predicted octanol–water partition coefficient (Wildman–Crippen LogP) is 3.74. The minimum atomic E-state index is -0.0463. The Labute approximate surface area is 154 Å². The van der Waals surface area contributed by atoms with E-state index in [1.165, 1.54) is 0 Å². The Morgan fingerprint density at radius 3 is 2.42 bits per heavy atom. The number of rotatable bonds is 7. The van der Waals surface area contributed by atoms with Crippen molar-refractivity contribution < 1.29 is 4.79 Å². The second-order valence-electron chi connectivity index (χ2n) is 6.64. The fourth-order valence-corrected chi connectivity index (χ4v) is 2.87. The van der Waals surface area contributed by atoms with Crippen molar-refractivity contribution in [2.24, 2.45) is 0 Å². The van der Waals surface area contributed by atoms with Crippen LogP contribution in [-0.2, 0) is 6.54 Å². The molecule has 0 saturated carbocycles. The van der Waals surface area contributed by atoms with Crippen LogP contribution in [0, 0.1) is 0 Å². The van der Waals surface area contributed by atoms with Gasteiger partial charge in [0.15, 0.2) is 0 Å². The molecule has 0 atom stereocenters. The van der Waals surface area contributed by atoms with Crippen LogP contribution in [0.4, 0.5) is 5.69 Å². The van der Waals surface area contributed by atoms with Crippen molar-refractivity contribution in [3.05, 3.63) is 77.9 Å². The van der Waals surface area contributed by atoms with Crippen LogP contribution in [0.1, 0.15) is 15.9 Å². The molecule has 4 heteroatoms. The molecule has 26 heavy (non-hydrogen) atoms. The molecule has 0 bridgehead atoms. The van der Waals surface area contributed by atoms with Crippen molar-refractivity contribution in [2.75, 3.05) is 32.5 Å². The van der Waals surface area contributed by atoms with E-state index in [2.05, 4.69) is 41.8 Å². The van der Waals surface area contributed by atoms with Gasteiger partial charge in [-0.3, -0.25) is 4.79 Å². The molecule has 0 aromatic heterocycles. The van der Waals surface area contributed by atoms with Gasteiger partial charge in [-0.2, -0.15) is 0 Å². The van der Waals surface area contributed by atoms with Gasteiger partial charge in [-0.15, -0.1) is 0 Å². The minimum Gasteiger partial charge on any atom is -0.384 e. The average Bonchev–Trinajstić information content (AvgIpc) is 2.66. The third-order valence-corrected chi connectivity index (χ3v) is 4.33. The van der Waals surface area contributed by atoms with Crippen LogP contribution in [0.25, 0.3) is 10.8 Å². The lowest BCUT2D eigenvalue weighted by Gasteiger charge is -2.12. The molecule has 3 rings (SSSR count). The number of nitrogens with one attached hydrogen (secondary N) is 2.